The molecule has 2 heterocycles. The van der Waals surface area contributed by atoms with Gasteiger partial charge in [0.1, 0.15) is 0 Å². The van der Waals surface area contributed by atoms with Gasteiger partial charge in [-0.2, -0.15) is 0 Å². The molecule has 0 fully saturated rings. The third-order valence-electron chi connectivity index (χ3n) is 14.2. The van der Waals surface area contributed by atoms with Gasteiger partial charge in [0.2, 0.25) is 0 Å². The van der Waals surface area contributed by atoms with Gasteiger partial charge in [-0.05, 0) is 132 Å². The highest BCUT2D eigenvalue weighted by Gasteiger charge is 2.35. The molecular weight excluding hydrogens is 785 g/mol. The molecule has 0 radical (unpaired) electrons. The van der Waals surface area contributed by atoms with Crippen LogP contribution in [0.3, 0.4) is 0 Å². The highest BCUT2D eigenvalue weighted by Crippen LogP contribution is 2.50. The van der Waals surface area contributed by atoms with Gasteiger partial charge in [-0.25, -0.2) is 4.98 Å². The monoisotopic (exact) mass is 828 g/mol. The number of pyridine rings is 1. The molecule has 0 spiro atoms. The zero-order valence-corrected chi connectivity index (χ0v) is 36.6. The molecule has 2 nitrogen and oxygen atoms in total. The minimum atomic E-state index is -0.0324. The molecule has 0 amide bonds. The lowest BCUT2D eigenvalue weighted by Gasteiger charge is -2.21. The Morgan fingerprint density at radius 2 is 0.846 bits per heavy atom. The Kier molecular flexibility index (Phi) is 8.20. The van der Waals surface area contributed by atoms with Crippen LogP contribution in [-0.2, 0) is 5.41 Å². The summed E-state index contributed by atoms with van der Waals surface area (Å²) in [6.07, 6.45) is 0. The molecule has 0 bridgehead atoms. The molecule has 306 valence electrons. The molecule has 10 aromatic carbocycles. The van der Waals surface area contributed by atoms with Crippen molar-refractivity contribution in [3.8, 4) is 61.6 Å². The zero-order valence-electron chi connectivity index (χ0n) is 36.6. The van der Waals surface area contributed by atoms with E-state index < -0.39 is 0 Å². The second-order valence-electron chi connectivity index (χ2n) is 18.4. The molecule has 1 aliphatic carbocycles. The highest BCUT2D eigenvalue weighted by atomic mass is 15.0. The quantitative estimate of drug-likeness (QED) is 0.158. The topological polar surface area (TPSA) is 17.8 Å². The summed E-state index contributed by atoms with van der Waals surface area (Å²) in [6.45, 7) is 6.85. The van der Waals surface area contributed by atoms with Crippen LogP contribution >= 0.6 is 0 Å². The summed E-state index contributed by atoms with van der Waals surface area (Å²) >= 11 is 0. The highest BCUT2D eigenvalue weighted by molar-refractivity contribution is 6.29. The van der Waals surface area contributed by atoms with E-state index in [4.69, 9.17) is 4.98 Å². The molecule has 0 saturated carbocycles. The number of aromatic nitrogens is 2. The van der Waals surface area contributed by atoms with Crippen molar-refractivity contribution >= 4 is 54.1 Å². The molecule has 0 atom stereocenters. The molecule has 0 unspecified atom stereocenters. The molecule has 1 aliphatic rings. The van der Waals surface area contributed by atoms with Gasteiger partial charge in [-0.1, -0.05) is 183 Å². The van der Waals surface area contributed by atoms with Crippen molar-refractivity contribution in [3.05, 3.63) is 229 Å². The molecule has 2 aromatic heterocycles. The van der Waals surface area contributed by atoms with Gasteiger partial charge >= 0.3 is 0 Å². The van der Waals surface area contributed by atoms with E-state index in [2.05, 4.69) is 238 Å². The van der Waals surface area contributed by atoms with Crippen LogP contribution < -0.4 is 0 Å². The summed E-state index contributed by atoms with van der Waals surface area (Å²) in [5, 5.41) is 9.98. The Morgan fingerprint density at radius 1 is 0.338 bits per heavy atom. The molecule has 2 heteroatoms. The van der Waals surface area contributed by atoms with E-state index in [0.717, 1.165) is 33.7 Å². The summed E-state index contributed by atoms with van der Waals surface area (Å²) in [5.41, 5.74) is 19.0. The average molecular weight is 829 g/mol. The van der Waals surface area contributed by atoms with Gasteiger partial charge in [0, 0.05) is 27.3 Å². The minimum absolute atomic E-state index is 0.0324. The first-order valence-electron chi connectivity index (χ1n) is 22.7. The van der Waals surface area contributed by atoms with Gasteiger partial charge in [0.25, 0.3) is 0 Å². The molecule has 0 saturated heterocycles. The van der Waals surface area contributed by atoms with Crippen molar-refractivity contribution in [1.29, 1.82) is 0 Å². The van der Waals surface area contributed by atoms with Crippen LogP contribution in [0.25, 0.3) is 116 Å². The predicted molar refractivity (Wildman–Crippen MR) is 275 cm³/mol. The Balaban J connectivity index is 1.11. The maximum absolute atomic E-state index is 5.29. The van der Waals surface area contributed by atoms with Gasteiger partial charge in [0.05, 0.1) is 28.1 Å². The lowest BCUT2D eigenvalue weighted by molar-refractivity contribution is 0.660. The van der Waals surface area contributed by atoms with Crippen molar-refractivity contribution in [1.82, 2.24) is 9.55 Å². The fourth-order valence-electron chi connectivity index (χ4n) is 10.9. The van der Waals surface area contributed by atoms with Crippen molar-refractivity contribution in [3.63, 3.8) is 0 Å². The van der Waals surface area contributed by atoms with Crippen LogP contribution in [0.4, 0.5) is 0 Å². The second kappa shape index (κ2) is 14.2. The molecule has 12 aromatic rings. The summed E-state index contributed by atoms with van der Waals surface area (Å²) in [5.74, 6) is 0. The average Bonchev–Trinajstić information content (AvgIpc) is 3.80. The molecule has 0 aliphatic heterocycles. The standard InChI is InChI=1S/C63H44N2/c1-39-22-24-40(25-23-39)43-28-31-61-55(34-43)56-37-52-51-32-44(45-27-30-58-54(33-45)50-20-12-13-21-57(50)63(58,2)3)26-29-49(51)47-18-10-11-19-48(47)53(52)38-62(56)65(61)46-35-59(41-14-6-4-7-15-41)64-60(36-46)42-16-8-5-9-17-42/h4-38H,1-3H3. The van der Waals surface area contributed by atoms with Gasteiger partial charge in [-0.15, -0.1) is 0 Å². The van der Waals surface area contributed by atoms with E-state index in [1.807, 2.05) is 0 Å². The summed E-state index contributed by atoms with van der Waals surface area (Å²) < 4.78 is 2.48. The number of fused-ring (bicyclic) bond motifs is 12. The van der Waals surface area contributed by atoms with Crippen LogP contribution in [-0.4, -0.2) is 9.55 Å². The number of benzene rings is 10. The fraction of sp³-hybridized carbons (Fsp3) is 0.0635. The normalized spacial score (nSPS) is 13.0. The van der Waals surface area contributed by atoms with Crippen LogP contribution in [0.1, 0.15) is 30.5 Å². The Bertz CT molecular complexity index is 3830. The lowest BCUT2D eigenvalue weighted by Crippen LogP contribution is -2.14. The SMILES string of the molecule is Cc1ccc(-c2ccc3c(c2)c2cc4c5cc(-c6ccc7c(c6)-c6ccccc6C7(C)C)ccc5c5ccccc5c4cc2n3-c2cc(-c3ccccc3)nc(-c3ccccc3)c2)cc1. The summed E-state index contributed by atoms with van der Waals surface area (Å²) in [6, 6.07) is 78.6. The predicted octanol–water partition coefficient (Wildman–Crippen LogP) is 16.9. The number of hydrogen-bond donors (Lipinski definition) is 0. The van der Waals surface area contributed by atoms with E-state index >= 15 is 0 Å². The van der Waals surface area contributed by atoms with Gasteiger partial charge in [-0.3, -0.25) is 0 Å². The lowest BCUT2D eigenvalue weighted by atomic mass is 9.82. The largest absolute Gasteiger partial charge is 0.309 e. The Hall–Kier alpha value is -8.07. The molecule has 0 N–H and O–H groups in total. The summed E-state index contributed by atoms with van der Waals surface area (Å²) in [4.78, 5) is 5.29. The minimum Gasteiger partial charge on any atom is -0.309 e. The third kappa shape index (κ3) is 5.84. The number of aryl methyl sites for hydroxylation is 1. The fourth-order valence-corrected chi connectivity index (χ4v) is 10.9. The van der Waals surface area contributed by atoms with Gasteiger partial charge < -0.3 is 4.57 Å². The van der Waals surface area contributed by atoms with Crippen LogP contribution in [0.15, 0.2) is 212 Å². The summed E-state index contributed by atoms with van der Waals surface area (Å²) in [7, 11) is 0. The Labute approximate surface area is 378 Å². The van der Waals surface area contributed by atoms with E-state index in [1.54, 1.807) is 0 Å². The maximum atomic E-state index is 5.29. The molecule has 65 heavy (non-hydrogen) atoms. The van der Waals surface area contributed by atoms with E-state index in [0.29, 0.717) is 0 Å². The van der Waals surface area contributed by atoms with Gasteiger partial charge in [0.15, 0.2) is 0 Å². The first-order valence-corrected chi connectivity index (χ1v) is 22.7. The first-order chi connectivity index (χ1) is 31.9. The molecule has 13 rings (SSSR count). The van der Waals surface area contributed by atoms with E-state index in [1.165, 1.54) is 98.7 Å². The number of hydrogen-bond acceptors (Lipinski definition) is 1. The van der Waals surface area contributed by atoms with Crippen molar-refractivity contribution in [2.45, 2.75) is 26.2 Å². The smallest absolute Gasteiger partial charge is 0.0730 e. The van der Waals surface area contributed by atoms with Crippen molar-refractivity contribution < 1.29 is 0 Å². The van der Waals surface area contributed by atoms with E-state index in [-0.39, 0.29) is 5.41 Å². The second-order valence-corrected chi connectivity index (χ2v) is 18.4. The van der Waals surface area contributed by atoms with E-state index in [9.17, 15) is 0 Å². The molecular formula is C63H44N2. The van der Waals surface area contributed by atoms with Crippen LogP contribution in [0.5, 0.6) is 0 Å². The van der Waals surface area contributed by atoms with Crippen molar-refractivity contribution in [2.75, 3.05) is 0 Å². The number of rotatable bonds is 5. The zero-order chi connectivity index (χ0) is 43.4. The Morgan fingerprint density at radius 3 is 1.58 bits per heavy atom. The van der Waals surface area contributed by atoms with Crippen LogP contribution in [0, 0.1) is 6.92 Å². The number of nitrogens with zero attached hydrogens (tertiary/aromatic N) is 2. The van der Waals surface area contributed by atoms with Crippen molar-refractivity contribution in [2.24, 2.45) is 0 Å². The van der Waals surface area contributed by atoms with Crippen LogP contribution in [0.2, 0.25) is 0 Å². The first kappa shape index (κ1) is 37.5. The third-order valence-corrected chi connectivity index (χ3v) is 14.2. The maximum Gasteiger partial charge on any atom is 0.0730 e.